The van der Waals surface area contributed by atoms with Crippen molar-refractivity contribution in [1.82, 2.24) is 10.3 Å². The molecule has 1 amide bonds. The standard InChI is InChI=1S/C14H15N3O5/c18-13(15-5-1-2-14(19)20)6-9-8-16-12-4-3-10(17(21)22)7-11(9)12/h3-4,7-8,16H,1-2,5-6H2,(H,15,18)(H,19,20). The number of nitrogens with zero attached hydrogens (tertiary/aromatic N) is 1. The van der Waals surface area contributed by atoms with E-state index in [1.54, 1.807) is 12.3 Å². The van der Waals surface area contributed by atoms with Crippen LogP contribution in [0.2, 0.25) is 0 Å². The molecule has 0 unspecified atom stereocenters. The van der Waals surface area contributed by atoms with Gasteiger partial charge in [-0.25, -0.2) is 0 Å². The van der Waals surface area contributed by atoms with Crippen molar-refractivity contribution in [3.8, 4) is 0 Å². The Morgan fingerprint density at radius 3 is 2.82 bits per heavy atom. The van der Waals surface area contributed by atoms with E-state index in [1.807, 2.05) is 0 Å². The molecule has 1 heterocycles. The number of benzene rings is 1. The number of fused-ring (bicyclic) bond motifs is 1. The average Bonchev–Trinajstić information content (AvgIpc) is 2.85. The highest BCUT2D eigenvalue weighted by Crippen LogP contribution is 2.23. The SMILES string of the molecule is O=C(O)CCCNC(=O)Cc1c[nH]c2ccc([N+](=O)[O-])cc12. The van der Waals surface area contributed by atoms with Crippen molar-refractivity contribution in [3.63, 3.8) is 0 Å². The predicted molar refractivity (Wildman–Crippen MR) is 78.5 cm³/mol. The van der Waals surface area contributed by atoms with Gasteiger partial charge in [0.05, 0.1) is 11.3 Å². The van der Waals surface area contributed by atoms with Crippen molar-refractivity contribution in [1.29, 1.82) is 0 Å². The van der Waals surface area contributed by atoms with E-state index >= 15 is 0 Å². The van der Waals surface area contributed by atoms with Crippen LogP contribution in [0.5, 0.6) is 0 Å². The highest BCUT2D eigenvalue weighted by molar-refractivity contribution is 5.90. The number of amides is 1. The van der Waals surface area contributed by atoms with Gasteiger partial charge >= 0.3 is 5.97 Å². The summed E-state index contributed by atoms with van der Waals surface area (Å²) >= 11 is 0. The van der Waals surface area contributed by atoms with Gasteiger partial charge in [0.2, 0.25) is 5.91 Å². The monoisotopic (exact) mass is 305 g/mol. The maximum Gasteiger partial charge on any atom is 0.303 e. The Labute approximate surface area is 125 Å². The van der Waals surface area contributed by atoms with Gasteiger partial charge in [0.1, 0.15) is 0 Å². The third-order valence-electron chi connectivity index (χ3n) is 3.20. The largest absolute Gasteiger partial charge is 0.481 e. The van der Waals surface area contributed by atoms with Gasteiger partial charge in [-0.05, 0) is 18.1 Å². The Bertz CT molecular complexity index is 722. The van der Waals surface area contributed by atoms with E-state index in [4.69, 9.17) is 5.11 Å². The average molecular weight is 305 g/mol. The maximum atomic E-state index is 11.8. The molecule has 2 aromatic rings. The van der Waals surface area contributed by atoms with Gasteiger partial charge in [0, 0.05) is 42.2 Å². The van der Waals surface area contributed by atoms with Crippen molar-refractivity contribution >= 4 is 28.5 Å². The molecule has 1 aromatic carbocycles. The molecule has 2 rings (SSSR count). The van der Waals surface area contributed by atoms with Gasteiger partial charge in [-0.3, -0.25) is 19.7 Å². The summed E-state index contributed by atoms with van der Waals surface area (Å²) in [4.78, 5) is 35.4. The normalized spacial score (nSPS) is 10.5. The second-order valence-corrected chi connectivity index (χ2v) is 4.82. The molecule has 8 nitrogen and oxygen atoms in total. The zero-order valence-corrected chi connectivity index (χ0v) is 11.7. The van der Waals surface area contributed by atoms with Crippen molar-refractivity contribution in [2.45, 2.75) is 19.3 Å². The molecule has 8 heteroatoms. The minimum absolute atomic E-state index is 0.000436. The number of hydrogen-bond donors (Lipinski definition) is 3. The van der Waals surface area contributed by atoms with Crippen LogP contribution in [0.25, 0.3) is 10.9 Å². The number of aliphatic carboxylic acids is 1. The van der Waals surface area contributed by atoms with Crippen LogP contribution >= 0.6 is 0 Å². The van der Waals surface area contributed by atoms with Gasteiger partial charge < -0.3 is 15.4 Å². The van der Waals surface area contributed by atoms with Gasteiger partial charge in [-0.15, -0.1) is 0 Å². The number of aromatic nitrogens is 1. The topological polar surface area (TPSA) is 125 Å². The number of nitro groups is 1. The summed E-state index contributed by atoms with van der Waals surface area (Å²) in [5.74, 6) is -1.16. The van der Waals surface area contributed by atoms with E-state index in [0.29, 0.717) is 17.4 Å². The molecule has 0 radical (unpaired) electrons. The van der Waals surface area contributed by atoms with Crippen LogP contribution in [0.15, 0.2) is 24.4 Å². The molecule has 0 saturated carbocycles. The second kappa shape index (κ2) is 6.70. The Morgan fingerprint density at radius 1 is 1.36 bits per heavy atom. The summed E-state index contributed by atoms with van der Waals surface area (Å²) in [6.07, 6.45) is 2.08. The number of aromatic amines is 1. The first-order valence-corrected chi connectivity index (χ1v) is 6.70. The van der Waals surface area contributed by atoms with Gasteiger partial charge in [-0.2, -0.15) is 0 Å². The minimum atomic E-state index is -0.904. The molecule has 1 aromatic heterocycles. The van der Waals surface area contributed by atoms with Crippen molar-refractivity contribution in [2.75, 3.05) is 6.54 Å². The second-order valence-electron chi connectivity index (χ2n) is 4.82. The fourth-order valence-electron chi connectivity index (χ4n) is 2.13. The Hall–Kier alpha value is -2.90. The molecule has 0 spiro atoms. The van der Waals surface area contributed by atoms with Gasteiger partial charge in [0.15, 0.2) is 0 Å². The van der Waals surface area contributed by atoms with Crippen LogP contribution in [0.3, 0.4) is 0 Å². The van der Waals surface area contributed by atoms with Crippen molar-refractivity contribution in [3.05, 3.63) is 40.1 Å². The van der Waals surface area contributed by atoms with Crippen LogP contribution in [0, 0.1) is 10.1 Å². The lowest BCUT2D eigenvalue weighted by Gasteiger charge is -2.03. The quantitative estimate of drug-likeness (QED) is 0.407. The van der Waals surface area contributed by atoms with Gasteiger partial charge in [-0.1, -0.05) is 0 Å². The van der Waals surface area contributed by atoms with E-state index in [9.17, 15) is 19.7 Å². The first-order valence-electron chi connectivity index (χ1n) is 6.70. The smallest absolute Gasteiger partial charge is 0.303 e. The van der Waals surface area contributed by atoms with Crippen LogP contribution < -0.4 is 5.32 Å². The lowest BCUT2D eigenvalue weighted by molar-refractivity contribution is -0.384. The summed E-state index contributed by atoms with van der Waals surface area (Å²) in [6.45, 7) is 0.285. The molecular weight excluding hydrogens is 290 g/mol. The highest BCUT2D eigenvalue weighted by Gasteiger charge is 2.12. The van der Waals surface area contributed by atoms with E-state index in [1.165, 1.54) is 12.1 Å². The molecule has 3 N–H and O–H groups in total. The number of carbonyl (C=O) groups excluding carboxylic acids is 1. The van der Waals surface area contributed by atoms with Crippen LogP contribution in [-0.4, -0.2) is 33.4 Å². The van der Waals surface area contributed by atoms with E-state index in [2.05, 4.69) is 10.3 Å². The summed E-state index contributed by atoms with van der Waals surface area (Å²) in [5.41, 5.74) is 1.35. The fourth-order valence-corrected chi connectivity index (χ4v) is 2.13. The van der Waals surface area contributed by atoms with Crippen molar-refractivity contribution < 1.29 is 19.6 Å². The summed E-state index contributed by atoms with van der Waals surface area (Å²) in [5, 5.41) is 22.6. The first kappa shape index (κ1) is 15.5. The Balaban J connectivity index is 2.01. The van der Waals surface area contributed by atoms with Crippen LogP contribution in [0.4, 0.5) is 5.69 Å². The third-order valence-corrected chi connectivity index (χ3v) is 3.20. The van der Waals surface area contributed by atoms with Gasteiger partial charge in [0.25, 0.3) is 5.69 Å². The maximum absolute atomic E-state index is 11.8. The van der Waals surface area contributed by atoms with Crippen LogP contribution in [-0.2, 0) is 16.0 Å². The molecule has 0 saturated heterocycles. The highest BCUT2D eigenvalue weighted by atomic mass is 16.6. The van der Waals surface area contributed by atoms with E-state index in [0.717, 1.165) is 5.52 Å². The molecule has 0 fully saturated rings. The Kier molecular flexibility index (Phi) is 4.72. The molecule has 0 atom stereocenters. The number of carboxylic acid groups (broad SMARTS) is 1. The van der Waals surface area contributed by atoms with Crippen LogP contribution in [0.1, 0.15) is 18.4 Å². The summed E-state index contributed by atoms with van der Waals surface area (Å²) in [7, 11) is 0. The third kappa shape index (κ3) is 3.81. The fraction of sp³-hybridized carbons (Fsp3) is 0.286. The molecule has 0 aliphatic heterocycles. The predicted octanol–water partition coefficient (Wildman–Crippen LogP) is 1.60. The van der Waals surface area contributed by atoms with E-state index in [-0.39, 0.29) is 31.0 Å². The zero-order chi connectivity index (χ0) is 16.1. The zero-order valence-electron chi connectivity index (χ0n) is 11.7. The lowest BCUT2D eigenvalue weighted by atomic mass is 10.1. The van der Waals surface area contributed by atoms with E-state index < -0.39 is 10.9 Å². The number of non-ortho nitro benzene ring substituents is 1. The number of hydrogen-bond acceptors (Lipinski definition) is 4. The number of H-pyrrole nitrogens is 1. The molecule has 22 heavy (non-hydrogen) atoms. The molecular formula is C14H15N3O5. The molecule has 116 valence electrons. The number of rotatable bonds is 7. The molecule has 0 bridgehead atoms. The van der Waals surface area contributed by atoms with Crippen molar-refractivity contribution in [2.24, 2.45) is 0 Å². The lowest BCUT2D eigenvalue weighted by Crippen LogP contribution is -2.26. The number of nitro benzene ring substituents is 1. The summed E-state index contributed by atoms with van der Waals surface area (Å²) in [6, 6.07) is 4.43. The minimum Gasteiger partial charge on any atom is -0.481 e. The molecule has 0 aliphatic rings. The number of nitrogens with one attached hydrogen (secondary N) is 2. The Morgan fingerprint density at radius 2 is 2.14 bits per heavy atom. The number of carboxylic acids is 1. The summed E-state index contributed by atoms with van der Waals surface area (Å²) < 4.78 is 0. The molecule has 0 aliphatic carbocycles. The number of carbonyl (C=O) groups is 2. The first-order chi connectivity index (χ1) is 10.5.